The fraction of sp³-hybridized carbons (Fsp3) is 0.667. The summed E-state index contributed by atoms with van der Waals surface area (Å²) in [6.45, 7) is 3.03. The van der Waals surface area contributed by atoms with Crippen LogP contribution in [0.5, 0.6) is 6.01 Å². The van der Waals surface area contributed by atoms with Crippen LogP contribution in [-0.4, -0.2) is 40.0 Å². The molecular formula is C12H13FN2O5. The first-order valence-electron chi connectivity index (χ1n) is 6.32. The summed E-state index contributed by atoms with van der Waals surface area (Å²) in [7, 11) is 0. The minimum atomic E-state index is -2.13. The van der Waals surface area contributed by atoms with Crippen molar-refractivity contribution in [3.8, 4) is 6.01 Å². The van der Waals surface area contributed by atoms with Gasteiger partial charge in [-0.3, -0.25) is 9.36 Å². The van der Waals surface area contributed by atoms with E-state index in [-0.39, 0.29) is 6.01 Å². The highest BCUT2D eigenvalue weighted by atomic mass is 19.2. The zero-order chi connectivity index (χ0) is 14.1. The van der Waals surface area contributed by atoms with Crippen LogP contribution in [0, 0.1) is 0 Å². The van der Waals surface area contributed by atoms with Gasteiger partial charge < -0.3 is 18.9 Å². The van der Waals surface area contributed by atoms with Crippen LogP contribution in [0.4, 0.5) is 4.39 Å². The molecule has 108 valence electrons. The summed E-state index contributed by atoms with van der Waals surface area (Å²) in [6.07, 6.45) is -0.826. The van der Waals surface area contributed by atoms with Gasteiger partial charge in [0.15, 0.2) is 24.7 Å². The lowest BCUT2D eigenvalue weighted by molar-refractivity contribution is -0.256. The average Bonchev–Trinajstić information content (AvgIpc) is 2.75. The van der Waals surface area contributed by atoms with Crippen LogP contribution in [-0.2, 0) is 14.2 Å². The summed E-state index contributed by atoms with van der Waals surface area (Å²) >= 11 is 0. The van der Waals surface area contributed by atoms with Crippen molar-refractivity contribution in [1.82, 2.24) is 9.55 Å². The molecule has 0 aliphatic carbocycles. The maximum Gasteiger partial charge on any atom is 0.302 e. The standard InChI is InChI=1S/C12H13FN2O5/c1-11(2)18-7-8(19-11)12(13)5-17-10-14-6(16)3-4-15(10)9(7)20-12/h3-4,7-9H,5H2,1-2H3/t7-,8+,9+,12+/m0/s1. The second kappa shape index (κ2) is 3.57. The number of fused-ring (bicyclic) bond motifs is 7. The average molecular weight is 284 g/mol. The quantitative estimate of drug-likeness (QED) is 0.684. The molecule has 0 unspecified atom stereocenters. The lowest BCUT2D eigenvalue weighted by Crippen LogP contribution is -2.44. The van der Waals surface area contributed by atoms with E-state index < -0.39 is 42.2 Å². The van der Waals surface area contributed by atoms with Gasteiger partial charge in [-0.1, -0.05) is 0 Å². The van der Waals surface area contributed by atoms with Crippen LogP contribution in [0.1, 0.15) is 20.1 Å². The molecule has 4 rings (SSSR count). The number of nitrogens with zero attached hydrogens (tertiary/aromatic N) is 2. The Morgan fingerprint density at radius 1 is 1.40 bits per heavy atom. The fourth-order valence-corrected chi connectivity index (χ4v) is 2.86. The highest BCUT2D eigenvalue weighted by Gasteiger charge is 2.66. The summed E-state index contributed by atoms with van der Waals surface area (Å²) in [6, 6.07) is 1.28. The van der Waals surface area contributed by atoms with Gasteiger partial charge in [-0.25, -0.2) is 4.39 Å². The maximum absolute atomic E-state index is 14.9. The number of ether oxygens (including phenoxy) is 4. The van der Waals surface area contributed by atoms with E-state index in [0.29, 0.717) is 0 Å². The summed E-state index contributed by atoms with van der Waals surface area (Å²) < 4.78 is 38.3. The molecule has 0 radical (unpaired) electrons. The molecule has 8 heteroatoms. The van der Waals surface area contributed by atoms with Crippen LogP contribution >= 0.6 is 0 Å². The second-order valence-electron chi connectivity index (χ2n) is 5.56. The third-order valence-electron chi connectivity index (χ3n) is 3.63. The van der Waals surface area contributed by atoms with Gasteiger partial charge in [-0.2, -0.15) is 4.98 Å². The Morgan fingerprint density at radius 3 is 3.00 bits per heavy atom. The Bertz CT molecular complexity index is 633. The van der Waals surface area contributed by atoms with Gasteiger partial charge >= 0.3 is 6.01 Å². The summed E-state index contributed by atoms with van der Waals surface area (Å²) in [4.78, 5) is 15.0. The number of aromatic nitrogens is 2. The first kappa shape index (κ1) is 12.2. The minimum Gasteiger partial charge on any atom is -0.458 e. The largest absolute Gasteiger partial charge is 0.458 e. The topological polar surface area (TPSA) is 71.8 Å². The Morgan fingerprint density at radius 2 is 2.20 bits per heavy atom. The lowest BCUT2D eigenvalue weighted by atomic mass is 10.1. The third kappa shape index (κ3) is 1.55. The van der Waals surface area contributed by atoms with Crippen LogP contribution in [0.25, 0.3) is 0 Å². The van der Waals surface area contributed by atoms with Crippen LogP contribution in [0.15, 0.2) is 17.1 Å². The van der Waals surface area contributed by atoms with Gasteiger partial charge in [0.2, 0.25) is 0 Å². The van der Waals surface area contributed by atoms with E-state index in [0.717, 1.165) is 0 Å². The number of hydrogen-bond donors (Lipinski definition) is 0. The molecule has 0 spiro atoms. The van der Waals surface area contributed by atoms with Crippen molar-refractivity contribution in [2.75, 3.05) is 6.61 Å². The van der Waals surface area contributed by atoms with Crippen LogP contribution < -0.4 is 10.3 Å². The molecule has 0 saturated carbocycles. The first-order chi connectivity index (χ1) is 9.38. The van der Waals surface area contributed by atoms with E-state index in [2.05, 4.69) is 4.98 Å². The molecule has 7 nitrogen and oxygen atoms in total. The van der Waals surface area contributed by atoms with Crippen molar-refractivity contribution in [3.05, 3.63) is 22.6 Å². The summed E-state index contributed by atoms with van der Waals surface area (Å²) in [5.41, 5.74) is -0.456. The predicted octanol–water partition coefficient (Wildman–Crippen LogP) is 0.350. The number of alkyl halides is 1. The van der Waals surface area contributed by atoms with Gasteiger partial charge in [0.1, 0.15) is 6.10 Å². The maximum atomic E-state index is 14.9. The van der Waals surface area contributed by atoms with E-state index in [1.165, 1.54) is 16.8 Å². The molecule has 1 aromatic heterocycles. The molecule has 0 aromatic carbocycles. The predicted molar refractivity (Wildman–Crippen MR) is 61.8 cm³/mol. The monoisotopic (exact) mass is 284 g/mol. The highest BCUT2D eigenvalue weighted by molar-refractivity contribution is 5.10. The molecule has 2 fully saturated rings. The van der Waals surface area contributed by atoms with E-state index in [1.54, 1.807) is 13.8 Å². The van der Waals surface area contributed by atoms with Crippen molar-refractivity contribution in [2.24, 2.45) is 0 Å². The summed E-state index contributed by atoms with van der Waals surface area (Å²) in [5.74, 6) is -3.02. The fourth-order valence-electron chi connectivity index (χ4n) is 2.86. The van der Waals surface area contributed by atoms with Crippen molar-refractivity contribution in [1.29, 1.82) is 0 Å². The number of rotatable bonds is 0. The first-order valence-corrected chi connectivity index (χ1v) is 6.32. The Balaban J connectivity index is 1.83. The van der Waals surface area contributed by atoms with Gasteiger partial charge in [-0.15, -0.1) is 0 Å². The lowest BCUT2D eigenvalue weighted by Gasteiger charge is -2.25. The molecule has 4 heterocycles. The normalized spacial score (nSPS) is 40.6. The Kier molecular flexibility index (Phi) is 2.19. The molecule has 1 aromatic rings. The smallest absolute Gasteiger partial charge is 0.302 e. The van der Waals surface area contributed by atoms with Crippen LogP contribution in [0.2, 0.25) is 0 Å². The molecule has 2 saturated heterocycles. The zero-order valence-electron chi connectivity index (χ0n) is 10.9. The van der Waals surface area contributed by atoms with Crippen molar-refractivity contribution >= 4 is 0 Å². The van der Waals surface area contributed by atoms with Crippen molar-refractivity contribution in [3.63, 3.8) is 0 Å². The van der Waals surface area contributed by atoms with Crippen molar-refractivity contribution in [2.45, 2.75) is 43.9 Å². The van der Waals surface area contributed by atoms with E-state index in [4.69, 9.17) is 18.9 Å². The molecule has 0 N–H and O–H groups in total. The molecule has 3 aliphatic rings. The SMILES string of the molecule is CC1(C)O[C@@H]2[C@H]3O[C@](F)(COc4nc(=O)ccn43)[C@@H]2O1. The van der Waals surface area contributed by atoms with Gasteiger partial charge in [0.25, 0.3) is 11.4 Å². The molecule has 4 atom stereocenters. The number of halogens is 1. The van der Waals surface area contributed by atoms with Gasteiger partial charge in [0, 0.05) is 12.3 Å². The minimum absolute atomic E-state index is 0.0220. The van der Waals surface area contributed by atoms with Crippen molar-refractivity contribution < 1.29 is 23.3 Å². The van der Waals surface area contributed by atoms with E-state index >= 15 is 0 Å². The molecular weight excluding hydrogens is 271 g/mol. The molecule has 2 bridgehead atoms. The molecule has 3 aliphatic heterocycles. The summed E-state index contributed by atoms with van der Waals surface area (Å²) in [5, 5.41) is 0. The Labute approximate surface area is 113 Å². The number of hydrogen-bond acceptors (Lipinski definition) is 6. The van der Waals surface area contributed by atoms with E-state index in [9.17, 15) is 9.18 Å². The second-order valence-corrected chi connectivity index (χ2v) is 5.56. The van der Waals surface area contributed by atoms with Crippen LogP contribution in [0.3, 0.4) is 0 Å². The molecule has 0 amide bonds. The van der Waals surface area contributed by atoms with Gasteiger partial charge in [0.05, 0.1) is 0 Å². The highest BCUT2D eigenvalue weighted by Crippen LogP contribution is 2.50. The van der Waals surface area contributed by atoms with E-state index in [1.807, 2.05) is 0 Å². The Hall–Kier alpha value is -1.51. The molecule has 20 heavy (non-hydrogen) atoms. The third-order valence-corrected chi connectivity index (χ3v) is 3.63. The zero-order valence-corrected chi connectivity index (χ0v) is 10.9. The van der Waals surface area contributed by atoms with Gasteiger partial charge in [-0.05, 0) is 13.8 Å².